The fourth-order valence-electron chi connectivity index (χ4n) is 1.56. The predicted molar refractivity (Wildman–Crippen MR) is 74.2 cm³/mol. The van der Waals surface area contributed by atoms with E-state index in [1.807, 2.05) is 25.1 Å². The molecule has 0 aliphatic heterocycles. The molecule has 5 heteroatoms. The van der Waals surface area contributed by atoms with Gasteiger partial charge in [-0.2, -0.15) is 0 Å². The van der Waals surface area contributed by atoms with Crippen LogP contribution >= 0.6 is 11.3 Å². The third-order valence-corrected chi connectivity index (χ3v) is 3.45. The zero-order valence-electron chi connectivity index (χ0n) is 10.6. The minimum atomic E-state index is 0.688. The average molecular weight is 263 g/mol. The van der Waals surface area contributed by atoms with Gasteiger partial charge < -0.3 is 10.1 Å². The van der Waals surface area contributed by atoms with Crippen LogP contribution in [0.2, 0.25) is 0 Å². The number of aromatic nitrogens is 2. The Labute approximate surface area is 111 Å². The van der Waals surface area contributed by atoms with Crippen LogP contribution in [0.4, 0.5) is 5.13 Å². The maximum atomic E-state index is 5.47. The summed E-state index contributed by atoms with van der Waals surface area (Å²) in [6.07, 6.45) is 0.930. The van der Waals surface area contributed by atoms with Crippen LogP contribution in [0, 0.1) is 0 Å². The van der Waals surface area contributed by atoms with Crippen LogP contribution in [-0.2, 0) is 13.0 Å². The molecule has 1 aromatic heterocycles. The van der Waals surface area contributed by atoms with E-state index in [0.29, 0.717) is 6.61 Å². The molecule has 0 unspecified atom stereocenters. The second-order valence-corrected chi connectivity index (χ2v) is 4.85. The quantitative estimate of drug-likeness (QED) is 0.870. The molecule has 0 saturated heterocycles. The first-order chi connectivity index (χ1) is 8.81. The minimum Gasteiger partial charge on any atom is -0.494 e. The lowest BCUT2D eigenvalue weighted by molar-refractivity contribution is 0.340. The van der Waals surface area contributed by atoms with E-state index in [4.69, 9.17) is 4.74 Å². The van der Waals surface area contributed by atoms with Gasteiger partial charge in [0.15, 0.2) is 0 Å². The highest BCUT2D eigenvalue weighted by molar-refractivity contribution is 7.15. The van der Waals surface area contributed by atoms with Crippen LogP contribution in [0.3, 0.4) is 0 Å². The van der Waals surface area contributed by atoms with Gasteiger partial charge in [-0.25, -0.2) is 0 Å². The van der Waals surface area contributed by atoms with Crippen molar-refractivity contribution in [2.75, 3.05) is 11.9 Å². The number of rotatable bonds is 6. The SMILES string of the molecule is CCOc1cccc(CNc2nnc(CC)s2)c1. The van der Waals surface area contributed by atoms with Gasteiger partial charge in [-0.1, -0.05) is 30.4 Å². The fourth-order valence-corrected chi connectivity index (χ4v) is 2.23. The molecule has 2 rings (SSSR count). The molecule has 2 aromatic rings. The molecule has 0 radical (unpaired) electrons. The molecule has 0 saturated carbocycles. The summed E-state index contributed by atoms with van der Waals surface area (Å²) in [5, 5.41) is 13.4. The van der Waals surface area contributed by atoms with Crippen LogP contribution in [0.15, 0.2) is 24.3 Å². The van der Waals surface area contributed by atoms with Crippen molar-refractivity contribution in [3.8, 4) is 5.75 Å². The third kappa shape index (κ3) is 3.43. The Balaban J connectivity index is 1.94. The summed E-state index contributed by atoms with van der Waals surface area (Å²) in [6, 6.07) is 8.07. The number of anilines is 1. The second-order valence-electron chi connectivity index (χ2n) is 3.79. The highest BCUT2D eigenvalue weighted by Crippen LogP contribution is 2.18. The minimum absolute atomic E-state index is 0.688. The molecule has 0 atom stereocenters. The van der Waals surface area contributed by atoms with Crippen molar-refractivity contribution in [3.63, 3.8) is 0 Å². The number of aryl methyl sites for hydroxylation is 1. The number of ether oxygens (including phenoxy) is 1. The average Bonchev–Trinajstić information content (AvgIpc) is 2.85. The maximum absolute atomic E-state index is 5.47. The van der Waals surface area contributed by atoms with Crippen molar-refractivity contribution in [2.45, 2.75) is 26.8 Å². The molecular formula is C13H17N3OS. The summed E-state index contributed by atoms with van der Waals surface area (Å²) in [5.41, 5.74) is 1.18. The van der Waals surface area contributed by atoms with Crippen LogP contribution in [0.5, 0.6) is 5.75 Å². The molecule has 0 amide bonds. The highest BCUT2D eigenvalue weighted by atomic mass is 32.1. The number of nitrogens with one attached hydrogen (secondary N) is 1. The zero-order chi connectivity index (χ0) is 12.8. The van der Waals surface area contributed by atoms with Gasteiger partial charge in [0.1, 0.15) is 10.8 Å². The van der Waals surface area contributed by atoms with E-state index in [1.54, 1.807) is 11.3 Å². The Hall–Kier alpha value is -1.62. The van der Waals surface area contributed by atoms with E-state index in [2.05, 4.69) is 28.5 Å². The van der Waals surface area contributed by atoms with Crippen LogP contribution in [0.1, 0.15) is 24.4 Å². The second kappa shape index (κ2) is 6.35. The Morgan fingerprint density at radius 3 is 2.89 bits per heavy atom. The number of hydrogen-bond donors (Lipinski definition) is 1. The lowest BCUT2D eigenvalue weighted by Gasteiger charge is -2.06. The number of hydrogen-bond acceptors (Lipinski definition) is 5. The Kier molecular flexibility index (Phi) is 4.52. The fraction of sp³-hybridized carbons (Fsp3) is 0.385. The van der Waals surface area contributed by atoms with Crippen molar-refractivity contribution in [3.05, 3.63) is 34.8 Å². The lowest BCUT2D eigenvalue weighted by Crippen LogP contribution is -1.99. The summed E-state index contributed by atoms with van der Waals surface area (Å²) < 4.78 is 5.47. The van der Waals surface area contributed by atoms with Crippen molar-refractivity contribution >= 4 is 16.5 Å². The maximum Gasteiger partial charge on any atom is 0.205 e. The van der Waals surface area contributed by atoms with Gasteiger partial charge >= 0.3 is 0 Å². The van der Waals surface area contributed by atoms with Gasteiger partial charge in [0.05, 0.1) is 6.61 Å². The molecule has 0 fully saturated rings. The summed E-state index contributed by atoms with van der Waals surface area (Å²) in [5.74, 6) is 0.906. The van der Waals surface area contributed by atoms with E-state index < -0.39 is 0 Å². The van der Waals surface area contributed by atoms with E-state index in [1.165, 1.54) is 5.56 Å². The smallest absolute Gasteiger partial charge is 0.205 e. The van der Waals surface area contributed by atoms with Gasteiger partial charge in [0.25, 0.3) is 0 Å². The number of benzene rings is 1. The highest BCUT2D eigenvalue weighted by Gasteiger charge is 2.02. The summed E-state index contributed by atoms with van der Waals surface area (Å²) in [4.78, 5) is 0. The normalized spacial score (nSPS) is 10.3. The standard InChI is InChI=1S/C13H17N3OS/c1-3-12-15-16-13(18-12)14-9-10-6-5-7-11(8-10)17-4-2/h5-8H,3-4,9H2,1-2H3,(H,14,16). The Bertz CT molecular complexity index is 498. The molecule has 1 aromatic carbocycles. The summed E-state index contributed by atoms with van der Waals surface area (Å²) in [6.45, 7) is 5.49. The van der Waals surface area contributed by atoms with Gasteiger partial charge in [0, 0.05) is 6.54 Å². The van der Waals surface area contributed by atoms with E-state index >= 15 is 0 Å². The van der Waals surface area contributed by atoms with Gasteiger partial charge in [-0.3, -0.25) is 0 Å². The zero-order valence-corrected chi connectivity index (χ0v) is 11.5. The molecule has 0 spiro atoms. The molecule has 0 bridgehead atoms. The predicted octanol–water partition coefficient (Wildman–Crippen LogP) is 3.11. The number of nitrogens with zero attached hydrogens (tertiary/aromatic N) is 2. The van der Waals surface area contributed by atoms with Crippen molar-refractivity contribution < 1.29 is 4.74 Å². The topological polar surface area (TPSA) is 47.0 Å². The van der Waals surface area contributed by atoms with Gasteiger partial charge in [-0.15, -0.1) is 10.2 Å². The molecule has 4 nitrogen and oxygen atoms in total. The monoisotopic (exact) mass is 263 g/mol. The first-order valence-electron chi connectivity index (χ1n) is 6.09. The summed E-state index contributed by atoms with van der Waals surface area (Å²) >= 11 is 1.60. The van der Waals surface area contributed by atoms with E-state index in [-0.39, 0.29) is 0 Å². The molecular weight excluding hydrogens is 246 g/mol. The van der Waals surface area contributed by atoms with Crippen LogP contribution < -0.4 is 10.1 Å². The van der Waals surface area contributed by atoms with Gasteiger partial charge in [0.2, 0.25) is 5.13 Å². The van der Waals surface area contributed by atoms with Crippen LogP contribution in [0.25, 0.3) is 0 Å². The molecule has 0 aliphatic carbocycles. The largest absolute Gasteiger partial charge is 0.494 e. The Morgan fingerprint density at radius 2 is 2.17 bits per heavy atom. The van der Waals surface area contributed by atoms with Crippen LogP contribution in [-0.4, -0.2) is 16.8 Å². The lowest BCUT2D eigenvalue weighted by atomic mass is 10.2. The summed E-state index contributed by atoms with van der Waals surface area (Å²) in [7, 11) is 0. The molecule has 96 valence electrons. The Morgan fingerprint density at radius 1 is 1.28 bits per heavy atom. The van der Waals surface area contributed by atoms with E-state index in [9.17, 15) is 0 Å². The molecule has 18 heavy (non-hydrogen) atoms. The van der Waals surface area contributed by atoms with Crippen molar-refractivity contribution in [1.82, 2.24) is 10.2 Å². The third-order valence-electron chi connectivity index (χ3n) is 2.42. The van der Waals surface area contributed by atoms with Crippen molar-refractivity contribution in [1.29, 1.82) is 0 Å². The first kappa shape index (κ1) is 12.8. The van der Waals surface area contributed by atoms with Gasteiger partial charge in [-0.05, 0) is 31.0 Å². The molecule has 1 N–H and O–H groups in total. The molecule has 1 heterocycles. The first-order valence-corrected chi connectivity index (χ1v) is 6.91. The van der Waals surface area contributed by atoms with E-state index in [0.717, 1.165) is 28.9 Å². The molecule has 0 aliphatic rings. The van der Waals surface area contributed by atoms with Crippen molar-refractivity contribution in [2.24, 2.45) is 0 Å².